The van der Waals surface area contributed by atoms with Gasteiger partial charge in [0.15, 0.2) is 5.82 Å². The highest BCUT2D eigenvalue weighted by Gasteiger charge is 2.32. The third-order valence-corrected chi connectivity index (χ3v) is 3.65. The van der Waals surface area contributed by atoms with Crippen molar-refractivity contribution in [2.75, 3.05) is 18.0 Å². The first-order valence-corrected chi connectivity index (χ1v) is 7.48. The summed E-state index contributed by atoms with van der Waals surface area (Å²) < 4.78 is 21.0. The predicted octanol–water partition coefficient (Wildman–Crippen LogP) is 1.78. The van der Waals surface area contributed by atoms with E-state index in [-0.39, 0.29) is 19.0 Å². The highest BCUT2D eigenvalue weighted by Crippen LogP contribution is 2.25. The number of cyclic esters (lactones) is 1. The van der Waals surface area contributed by atoms with Crippen molar-refractivity contribution in [3.8, 4) is 5.69 Å². The standard InChI is InChI=1S/C16H17FN4O3/c1-10-6-19-21(8-10)15-4-3-12(5-14(15)17)20-9-13(24-16(20)23)7-18-11(2)22/h3-6,8,13H,7,9H2,1-2H3,(H,18,22)/t13-/m0/s1. The number of halogens is 1. The number of hydrogen-bond acceptors (Lipinski definition) is 4. The zero-order valence-electron chi connectivity index (χ0n) is 13.3. The highest BCUT2D eigenvalue weighted by molar-refractivity contribution is 5.90. The van der Waals surface area contributed by atoms with Crippen molar-refractivity contribution >= 4 is 17.7 Å². The van der Waals surface area contributed by atoms with Crippen LogP contribution in [-0.2, 0) is 9.53 Å². The summed E-state index contributed by atoms with van der Waals surface area (Å²) in [6.07, 6.45) is 2.33. The topological polar surface area (TPSA) is 76.5 Å². The second kappa shape index (κ2) is 6.31. The average Bonchev–Trinajstić information content (AvgIpc) is 3.11. The Kier molecular flexibility index (Phi) is 4.20. The monoisotopic (exact) mass is 332 g/mol. The van der Waals surface area contributed by atoms with Crippen molar-refractivity contribution in [2.45, 2.75) is 20.0 Å². The highest BCUT2D eigenvalue weighted by atomic mass is 19.1. The van der Waals surface area contributed by atoms with Gasteiger partial charge in [-0.2, -0.15) is 5.10 Å². The quantitative estimate of drug-likeness (QED) is 0.926. The van der Waals surface area contributed by atoms with Gasteiger partial charge in [-0.25, -0.2) is 13.9 Å². The Hall–Kier alpha value is -2.90. The smallest absolute Gasteiger partial charge is 0.414 e. The van der Waals surface area contributed by atoms with Crippen molar-refractivity contribution in [1.29, 1.82) is 0 Å². The first-order valence-electron chi connectivity index (χ1n) is 7.48. The molecule has 126 valence electrons. The lowest BCUT2D eigenvalue weighted by Crippen LogP contribution is -2.33. The normalized spacial score (nSPS) is 17.0. The number of hydrogen-bond donors (Lipinski definition) is 1. The lowest BCUT2D eigenvalue weighted by Gasteiger charge is -2.14. The molecular weight excluding hydrogens is 315 g/mol. The Morgan fingerprint density at radius 3 is 2.92 bits per heavy atom. The van der Waals surface area contributed by atoms with Gasteiger partial charge < -0.3 is 10.1 Å². The van der Waals surface area contributed by atoms with Gasteiger partial charge in [-0.15, -0.1) is 0 Å². The zero-order valence-corrected chi connectivity index (χ0v) is 13.3. The SMILES string of the molecule is CC(=O)NC[C@H]1CN(c2ccc(-n3cc(C)cn3)c(F)c2)C(=O)O1. The van der Waals surface area contributed by atoms with Crippen LogP contribution < -0.4 is 10.2 Å². The molecular formula is C16H17FN4O3. The summed E-state index contributed by atoms with van der Waals surface area (Å²) in [5.74, 6) is -0.692. The number of rotatable bonds is 4. The molecule has 0 saturated carbocycles. The number of carbonyl (C=O) groups excluding carboxylic acids is 2. The van der Waals surface area contributed by atoms with Crippen LogP contribution in [0.1, 0.15) is 12.5 Å². The molecule has 2 aromatic rings. The number of amides is 2. The molecule has 2 amide bonds. The Morgan fingerprint density at radius 2 is 2.29 bits per heavy atom. The number of carbonyl (C=O) groups is 2. The summed E-state index contributed by atoms with van der Waals surface area (Å²) in [4.78, 5) is 24.2. The molecule has 0 bridgehead atoms. The molecule has 1 N–H and O–H groups in total. The number of anilines is 1. The Labute approximate surface area is 138 Å². The maximum absolute atomic E-state index is 14.4. The molecule has 0 spiro atoms. The van der Waals surface area contributed by atoms with Crippen molar-refractivity contribution in [3.63, 3.8) is 0 Å². The molecule has 7 nitrogen and oxygen atoms in total. The van der Waals surface area contributed by atoms with Gasteiger partial charge in [0.2, 0.25) is 5.91 Å². The van der Waals surface area contributed by atoms with E-state index in [0.29, 0.717) is 11.4 Å². The van der Waals surface area contributed by atoms with Crippen LogP contribution in [0.25, 0.3) is 5.69 Å². The van der Waals surface area contributed by atoms with E-state index in [1.54, 1.807) is 24.5 Å². The molecule has 3 rings (SSSR count). The number of nitrogens with zero attached hydrogens (tertiary/aromatic N) is 3. The van der Waals surface area contributed by atoms with Gasteiger partial charge in [0, 0.05) is 13.1 Å². The average molecular weight is 332 g/mol. The number of nitrogens with one attached hydrogen (secondary N) is 1. The number of ether oxygens (including phenoxy) is 1. The lowest BCUT2D eigenvalue weighted by molar-refractivity contribution is -0.119. The van der Waals surface area contributed by atoms with Crippen molar-refractivity contribution in [3.05, 3.63) is 42.0 Å². The Bertz CT molecular complexity index is 789. The van der Waals surface area contributed by atoms with Gasteiger partial charge in [0.05, 0.1) is 25.0 Å². The van der Waals surface area contributed by atoms with Gasteiger partial charge in [-0.05, 0) is 30.7 Å². The van der Waals surface area contributed by atoms with Gasteiger partial charge in [0.25, 0.3) is 0 Å². The third kappa shape index (κ3) is 3.22. The summed E-state index contributed by atoms with van der Waals surface area (Å²) in [7, 11) is 0. The minimum Gasteiger partial charge on any atom is -0.442 e. The Morgan fingerprint density at radius 1 is 1.50 bits per heavy atom. The summed E-state index contributed by atoms with van der Waals surface area (Å²) in [6.45, 7) is 3.73. The zero-order chi connectivity index (χ0) is 17.3. The largest absolute Gasteiger partial charge is 0.442 e. The first-order chi connectivity index (χ1) is 11.4. The summed E-state index contributed by atoms with van der Waals surface area (Å²) in [5.41, 5.74) is 1.62. The van der Waals surface area contributed by atoms with Crippen LogP contribution in [0.5, 0.6) is 0 Å². The van der Waals surface area contributed by atoms with Crippen LogP contribution in [0.15, 0.2) is 30.6 Å². The number of aryl methyl sites for hydroxylation is 1. The molecule has 0 radical (unpaired) electrons. The second-order valence-corrected chi connectivity index (χ2v) is 5.65. The lowest BCUT2D eigenvalue weighted by atomic mass is 10.2. The van der Waals surface area contributed by atoms with E-state index in [1.165, 1.54) is 22.6 Å². The molecule has 1 aromatic heterocycles. The van der Waals surface area contributed by atoms with Crippen LogP contribution in [0.3, 0.4) is 0 Å². The molecule has 1 aliphatic heterocycles. The van der Waals surface area contributed by atoms with Crippen LogP contribution in [0.4, 0.5) is 14.9 Å². The van der Waals surface area contributed by atoms with Gasteiger partial charge in [-0.1, -0.05) is 0 Å². The van der Waals surface area contributed by atoms with Crippen molar-refractivity contribution in [1.82, 2.24) is 15.1 Å². The van der Waals surface area contributed by atoms with Crippen molar-refractivity contribution < 1.29 is 18.7 Å². The molecule has 1 aliphatic rings. The van der Waals surface area contributed by atoms with Gasteiger partial charge in [0.1, 0.15) is 11.8 Å². The minimum absolute atomic E-state index is 0.200. The van der Waals surface area contributed by atoms with Crippen molar-refractivity contribution in [2.24, 2.45) is 0 Å². The van der Waals surface area contributed by atoms with Gasteiger partial charge >= 0.3 is 6.09 Å². The molecule has 1 saturated heterocycles. The molecule has 0 unspecified atom stereocenters. The van der Waals surface area contributed by atoms with E-state index >= 15 is 0 Å². The van der Waals surface area contributed by atoms with E-state index in [2.05, 4.69) is 10.4 Å². The van der Waals surface area contributed by atoms with E-state index < -0.39 is 18.0 Å². The van der Waals surface area contributed by atoms with Crippen LogP contribution in [0, 0.1) is 12.7 Å². The Balaban J connectivity index is 1.77. The molecule has 24 heavy (non-hydrogen) atoms. The van der Waals surface area contributed by atoms with Crippen LogP contribution in [-0.4, -0.2) is 41.0 Å². The molecule has 2 heterocycles. The first kappa shape index (κ1) is 16.0. The fourth-order valence-electron chi connectivity index (χ4n) is 2.49. The summed E-state index contributed by atoms with van der Waals surface area (Å²) >= 11 is 0. The van der Waals surface area contributed by atoms with E-state index in [0.717, 1.165) is 5.56 Å². The molecule has 1 aromatic carbocycles. The fourth-order valence-corrected chi connectivity index (χ4v) is 2.49. The molecule has 0 aliphatic carbocycles. The van der Waals surface area contributed by atoms with E-state index in [9.17, 15) is 14.0 Å². The molecule has 8 heteroatoms. The van der Waals surface area contributed by atoms with E-state index in [4.69, 9.17) is 4.74 Å². The fraction of sp³-hybridized carbons (Fsp3) is 0.312. The minimum atomic E-state index is -0.563. The molecule has 1 fully saturated rings. The number of benzene rings is 1. The van der Waals surface area contributed by atoms with Gasteiger partial charge in [-0.3, -0.25) is 9.69 Å². The predicted molar refractivity (Wildman–Crippen MR) is 84.6 cm³/mol. The maximum atomic E-state index is 14.4. The van der Waals surface area contributed by atoms with Crippen LogP contribution in [0.2, 0.25) is 0 Å². The summed E-state index contributed by atoms with van der Waals surface area (Å²) in [5, 5.41) is 6.67. The third-order valence-electron chi connectivity index (χ3n) is 3.65. The maximum Gasteiger partial charge on any atom is 0.414 e. The summed E-state index contributed by atoms with van der Waals surface area (Å²) in [6, 6.07) is 4.47. The molecule has 1 atom stereocenters. The van der Waals surface area contributed by atoms with Crippen LogP contribution >= 0.6 is 0 Å². The number of aromatic nitrogens is 2. The van der Waals surface area contributed by atoms with E-state index in [1.807, 2.05) is 6.92 Å². The second-order valence-electron chi connectivity index (χ2n) is 5.65.